The van der Waals surface area contributed by atoms with Crippen LogP contribution in [0.3, 0.4) is 0 Å². The van der Waals surface area contributed by atoms with Gasteiger partial charge in [-0.2, -0.15) is 0 Å². The molecule has 0 spiro atoms. The Balaban J connectivity index is 2.35. The van der Waals surface area contributed by atoms with Crippen LogP contribution in [-0.4, -0.2) is 19.3 Å². The average Bonchev–Trinajstić information content (AvgIpc) is 2.11. The highest BCUT2D eigenvalue weighted by atomic mass is 16.5. The van der Waals surface area contributed by atoms with Crippen molar-refractivity contribution in [1.29, 1.82) is 0 Å². The predicted octanol–water partition coefficient (Wildman–Crippen LogP) is 2.81. The van der Waals surface area contributed by atoms with Crippen LogP contribution in [-0.2, 0) is 4.74 Å². The van der Waals surface area contributed by atoms with Crippen LogP contribution in [0.25, 0.3) is 0 Å². The Morgan fingerprint density at radius 2 is 2.07 bits per heavy atom. The third-order valence-electron chi connectivity index (χ3n) is 3.37. The third kappa shape index (κ3) is 4.52. The van der Waals surface area contributed by atoms with Crippen molar-refractivity contribution in [2.24, 2.45) is 23.0 Å². The first-order valence-corrected chi connectivity index (χ1v) is 6.24. The number of ether oxygens (including phenoxy) is 1. The maximum Gasteiger partial charge on any atom is 0.0582 e. The molecule has 1 aliphatic rings. The molecule has 0 amide bonds. The third-order valence-corrected chi connectivity index (χ3v) is 3.37. The van der Waals surface area contributed by atoms with Gasteiger partial charge in [0.05, 0.1) is 12.7 Å². The molecule has 0 bridgehead atoms. The van der Waals surface area contributed by atoms with Gasteiger partial charge in [-0.15, -0.1) is 0 Å². The second-order valence-electron chi connectivity index (χ2n) is 6.21. The SMILES string of the molecule is CC(CN)COC1CC(C)CC(C)(C)C1. The van der Waals surface area contributed by atoms with Crippen molar-refractivity contribution >= 4 is 0 Å². The van der Waals surface area contributed by atoms with Gasteiger partial charge in [0.1, 0.15) is 0 Å². The Hall–Kier alpha value is -0.0800. The fourth-order valence-corrected chi connectivity index (χ4v) is 2.75. The van der Waals surface area contributed by atoms with E-state index in [0.717, 1.165) is 19.1 Å². The van der Waals surface area contributed by atoms with Gasteiger partial charge >= 0.3 is 0 Å². The minimum Gasteiger partial charge on any atom is -0.378 e. The van der Waals surface area contributed by atoms with Gasteiger partial charge in [0.15, 0.2) is 0 Å². The van der Waals surface area contributed by atoms with Crippen molar-refractivity contribution in [2.75, 3.05) is 13.2 Å². The van der Waals surface area contributed by atoms with Crippen LogP contribution >= 0.6 is 0 Å². The molecule has 3 atom stereocenters. The van der Waals surface area contributed by atoms with Gasteiger partial charge in [-0.1, -0.05) is 27.7 Å². The topological polar surface area (TPSA) is 35.2 Å². The van der Waals surface area contributed by atoms with Crippen molar-refractivity contribution in [3.63, 3.8) is 0 Å². The summed E-state index contributed by atoms with van der Waals surface area (Å²) in [5.41, 5.74) is 6.04. The lowest BCUT2D eigenvalue weighted by Crippen LogP contribution is -2.34. The first-order valence-electron chi connectivity index (χ1n) is 6.24. The van der Waals surface area contributed by atoms with E-state index in [1.165, 1.54) is 19.3 Å². The lowest BCUT2D eigenvalue weighted by atomic mass is 9.71. The summed E-state index contributed by atoms with van der Waals surface area (Å²) in [5, 5.41) is 0. The van der Waals surface area contributed by atoms with Crippen LogP contribution in [0, 0.1) is 17.3 Å². The smallest absolute Gasteiger partial charge is 0.0582 e. The van der Waals surface area contributed by atoms with E-state index in [-0.39, 0.29) is 0 Å². The molecule has 0 aromatic carbocycles. The van der Waals surface area contributed by atoms with Crippen LogP contribution in [0.4, 0.5) is 0 Å². The molecule has 0 heterocycles. The molecule has 1 aliphatic carbocycles. The fraction of sp³-hybridized carbons (Fsp3) is 1.00. The highest BCUT2D eigenvalue weighted by Crippen LogP contribution is 2.39. The standard InChI is InChI=1S/C13H27NO/c1-10-5-12(7-13(3,4)6-10)15-9-11(2)8-14/h10-12H,5-9,14H2,1-4H3. The lowest BCUT2D eigenvalue weighted by molar-refractivity contribution is -0.0333. The quantitative estimate of drug-likeness (QED) is 0.779. The highest BCUT2D eigenvalue weighted by Gasteiger charge is 2.32. The highest BCUT2D eigenvalue weighted by molar-refractivity contribution is 4.83. The van der Waals surface area contributed by atoms with Gasteiger partial charge < -0.3 is 10.5 Å². The van der Waals surface area contributed by atoms with Crippen molar-refractivity contribution in [3.8, 4) is 0 Å². The molecule has 1 fully saturated rings. The predicted molar refractivity (Wildman–Crippen MR) is 64.8 cm³/mol. The van der Waals surface area contributed by atoms with E-state index in [1.807, 2.05) is 0 Å². The van der Waals surface area contributed by atoms with Crippen LogP contribution in [0.15, 0.2) is 0 Å². The molecule has 0 saturated heterocycles. The molecule has 15 heavy (non-hydrogen) atoms. The summed E-state index contributed by atoms with van der Waals surface area (Å²) in [6.07, 6.45) is 4.21. The van der Waals surface area contributed by atoms with E-state index in [9.17, 15) is 0 Å². The molecular formula is C13H27NO. The maximum absolute atomic E-state index is 5.96. The van der Waals surface area contributed by atoms with E-state index in [2.05, 4.69) is 27.7 Å². The minimum absolute atomic E-state index is 0.453. The summed E-state index contributed by atoms with van der Waals surface area (Å²) in [5.74, 6) is 1.29. The van der Waals surface area contributed by atoms with Crippen molar-refractivity contribution in [1.82, 2.24) is 0 Å². The summed E-state index contributed by atoms with van der Waals surface area (Å²) in [6.45, 7) is 10.7. The van der Waals surface area contributed by atoms with Crippen LogP contribution in [0.1, 0.15) is 47.0 Å². The van der Waals surface area contributed by atoms with Gasteiger partial charge in [0.2, 0.25) is 0 Å². The minimum atomic E-state index is 0.453. The van der Waals surface area contributed by atoms with E-state index >= 15 is 0 Å². The first-order chi connectivity index (χ1) is 6.93. The molecule has 0 aromatic heterocycles. The fourth-order valence-electron chi connectivity index (χ4n) is 2.75. The van der Waals surface area contributed by atoms with E-state index < -0.39 is 0 Å². The summed E-state index contributed by atoms with van der Waals surface area (Å²) < 4.78 is 5.96. The summed E-state index contributed by atoms with van der Waals surface area (Å²) in [7, 11) is 0. The molecule has 2 heteroatoms. The first kappa shape index (κ1) is 13.0. The van der Waals surface area contributed by atoms with Gasteiger partial charge in [-0.25, -0.2) is 0 Å². The molecule has 0 aromatic rings. The monoisotopic (exact) mass is 213 g/mol. The zero-order valence-corrected chi connectivity index (χ0v) is 10.8. The molecule has 90 valence electrons. The number of nitrogens with two attached hydrogens (primary N) is 1. The number of hydrogen-bond acceptors (Lipinski definition) is 2. The molecule has 2 N–H and O–H groups in total. The Morgan fingerprint density at radius 3 is 2.60 bits per heavy atom. The second-order valence-corrected chi connectivity index (χ2v) is 6.21. The Labute approximate surface area is 94.6 Å². The molecule has 0 radical (unpaired) electrons. The van der Waals surface area contributed by atoms with Crippen LogP contribution in [0.2, 0.25) is 0 Å². The summed E-state index contributed by atoms with van der Waals surface area (Å²) in [6, 6.07) is 0. The zero-order valence-electron chi connectivity index (χ0n) is 10.8. The summed E-state index contributed by atoms with van der Waals surface area (Å²) >= 11 is 0. The number of rotatable bonds is 4. The molecular weight excluding hydrogens is 186 g/mol. The van der Waals surface area contributed by atoms with Gasteiger partial charge in [-0.3, -0.25) is 0 Å². The van der Waals surface area contributed by atoms with Gasteiger partial charge in [0, 0.05) is 0 Å². The van der Waals surface area contributed by atoms with E-state index in [4.69, 9.17) is 10.5 Å². The molecule has 2 nitrogen and oxygen atoms in total. The average molecular weight is 213 g/mol. The van der Waals surface area contributed by atoms with Crippen molar-refractivity contribution in [2.45, 2.75) is 53.1 Å². The zero-order chi connectivity index (χ0) is 11.5. The van der Waals surface area contributed by atoms with Crippen molar-refractivity contribution < 1.29 is 4.74 Å². The van der Waals surface area contributed by atoms with E-state index in [0.29, 0.717) is 17.4 Å². The van der Waals surface area contributed by atoms with Crippen LogP contribution < -0.4 is 5.73 Å². The van der Waals surface area contributed by atoms with Crippen LogP contribution in [0.5, 0.6) is 0 Å². The van der Waals surface area contributed by atoms with E-state index in [1.54, 1.807) is 0 Å². The second kappa shape index (κ2) is 5.31. The molecule has 1 saturated carbocycles. The van der Waals surface area contributed by atoms with Crippen molar-refractivity contribution in [3.05, 3.63) is 0 Å². The Bertz CT molecular complexity index is 191. The maximum atomic E-state index is 5.96. The number of hydrogen-bond donors (Lipinski definition) is 1. The lowest BCUT2D eigenvalue weighted by Gasteiger charge is -2.39. The largest absolute Gasteiger partial charge is 0.378 e. The Kier molecular flexibility index (Phi) is 4.60. The van der Waals surface area contributed by atoms with Gasteiger partial charge in [0.25, 0.3) is 0 Å². The Morgan fingerprint density at radius 1 is 1.40 bits per heavy atom. The summed E-state index contributed by atoms with van der Waals surface area (Å²) in [4.78, 5) is 0. The van der Waals surface area contributed by atoms with Gasteiger partial charge in [-0.05, 0) is 43.1 Å². The molecule has 3 unspecified atom stereocenters. The normalized spacial score (nSPS) is 32.6. The molecule has 0 aliphatic heterocycles. The molecule has 1 rings (SSSR count).